The van der Waals surface area contributed by atoms with Crippen LogP contribution in [0, 0.1) is 0 Å². The van der Waals surface area contributed by atoms with Crippen molar-refractivity contribution in [3.63, 3.8) is 0 Å². The van der Waals surface area contributed by atoms with Crippen LogP contribution in [0.1, 0.15) is 16.7 Å². The van der Waals surface area contributed by atoms with E-state index in [9.17, 15) is 0 Å². The second-order valence-electron chi connectivity index (χ2n) is 4.80. The van der Waals surface area contributed by atoms with Crippen molar-refractivity contribution in [3.8, 4) is 11.5 Å². The molecule has 0 N–H and O–H groups in total. The van der Waals surface area contributed by atoms with E-state index in [1.807, 2.05) is 30.3 Å². The number of fused-ring (bicyclic) bond motifs is 1. The number of hydrogen-bond acceptors (Lipinski definition) is 2. The van der Waals surface area contributed by atoms with E-state index >= 15 is 0 Å². The third-order valence-corrected chi connectivity index (χ3v) is 4.84. The molecule has 2 aromatic carbocycles. The maximum absolute atomic E-state index is 6.17. The quantitative estimate of drug-likeness (QED) is 0.593. The Bertz CT molecular complexity index is 674. The first kappa shape index (κ1) is 15.2. The molecule has 110 valence electrons. The van der Waals surface area contributed by atoms with Crippen LogP contribution < -0.4 is 9.47 Å². The fourth-order valence-electron chi connectivity index (χ4n) is 2.42. The van der Waals surface area contributed by atoms with Gasteiger partial charge in [-0.3, -0.25) is 0 Å². The molecule has 2 nitrogen and oxygen atoms in total. The van der Waals surface area contributed by atoms with E-state index in [0.29, 0.717) is 13.2 Å². The normalized spacial score (nSPS) is 12.9. The van der Waals surface area contributed by atoms with Crippen LogP contribution in [-0.4, -0.2) is 6.61 Å². The van der Waals surface area contributed by atoms with Gasteiger partial charge in [0, 0.05) is 27.9 Å². The molecule has 1 aliphatic heterocycles. The molecule has 3 rings (SSSR count). The summed E-state index contributed by atoms with van der Waals surface area (Å²) >= 11 is 13.2. The maximum atomic E-state index is 6.17. The van der Waals surface area contributed by atoms with Gasteiger partial charge >= 0.3 is 0 Å². The lowest BCUT2D eigenvalue weighted by Gasteiger charge is -2.14. The van der Waals surface area contributed by atoms with Gasteiger partial charge in [-0.15, -0.1) is 0 Å². The Morgan fingerprint density at radius 2 is 2.10 bits per heavy atom. The minimum Gasteiger partial charge on any atom is -0.493 e. The highest BCUT2D eigenvalue weighted by Gasteiger charge is 2.18. The first-order valence-corrected chi connectivity index (χ1v) is 8.88. The van der Waals surface area contributed by atoms with Crippen LogP contribution >= 0.6 is 43.5 Å². The van der Waals surface area contributed by atoms with Gasteiger partial charge in [-0.25, -0.2) is 0 Å². The van der Waals surface area contributed by atoms with Crippen molar-refractivity contribution in [1.82, 2.24) is 0 Å². The molecule has 5 heteroatoms. The molecule has 0 radical (unpaired) electrons. The van der Waals surface area contributed by atoms with Crippen molar-refractivity contribution in [3.05, 3.63) is 56.5 Å². The molecule has 0 saturated carbocycles. The summed E-state index contributed by atoms with van der Waals surface area (Å²) in [5.74, 6) is 1.77. The van der Waals surface area contributed by atoms with E-state index in [0.717, 1.165) is 49.4 Å². The number of hydrogen-bond donors (Lipinski definition) is 0. The predicted octanol–water partition coefficient (Wildman–Crippen LogP) is 5.51. The predicted molar refractivity (Wildman–Crippen MR) is 91.8 cm³/mol. The summed E-state index contributed by atoms with van der Waals surface area (Å²) in [4.78, 5) is 0. The molecule has 21 heavy (non-hydrogen) atoms. The standard InChI is InChI=1S/C16H13Br2ClO2/c17-8-11-2-1-3-14(18)16(11)21-9-12-7-13(19)6-10-4-5-20-15(10)12/h1-3,6-7H,4-5,8-9H2. The second-order valence-corrected chi connectivity index (χ2v) is 6.65. The minimum absolute atomic E-state index is 0.436. The summed E-state index contributed by atoms with van der Waals surface area (Å²) in [5.41, 5.74) is 3.25. The summed E-state index contributed by atoms with van der Waals surface area (Å²) in [5, 5.41) is 1.47. The van der Waals surface area contributed by atoms with E-state index in [-0.39, 0.29) is 0 Å². The average Bonchev–Trinajstić information content (AvgIpc) is 2.93. The number of alkyl halides is 1. The van der Waals surface area contributed by atoms with Crippen LogP contribution in [0.15, 0.2) is 34.8 Å². The maximum Gasteiger partial charge on any atom is 0.138 e. The number of para-hydroxylation sites is 1. The highest BCUT2D eigenvalue weighted by molar-refractivity contribution is 9.10. The smallest absolute Gasteiger partial charge is 0.138 e. The molecular weight excluding hydrogens is 419 g/mol. The first-order valence-electron chi connectivity index (χ1n) is 6.59. The molecule has 0 atom stereocenters. The Labute approximate surface area is 145 Å². The third-order valence-electron chi connectivity index (χ3n) is 3.39. The zero-order chi connectivity index (χ0) is 14.8. The molecule has 0 saturated heterocycles. The first-order chi connectivity index (χ1) is 10.2. The zero-order valence-electron chi connectivity index (χ0n) is 11.2. The molecule has 1 heterocycles. The second kappa shape index (κ2) is 6.59. The third kappa shape index (κ3) is 3.22. The summed E-state index contributed by atoms with van der Waals surface area (Å²) in [6, 6.07) is 9.88. The number of ether oxygens (including phenoxy) is 2. The van der Waals surface area contributed by atoms with Crippen LogP contribution in [-0.2, 0) is 18.4 Å². The number of rotatable bonds is 4. The highest BCUT2D eigenvalue weighted by atomic mass is 79.9. The van der Waals surface area contributed by atoms with Crippen LogP contribution in [0.5, 0.6) is 11.5 Å². The average molecular weight is 433 g/mol. The monoisotopic (exact) mass is 430 g/mol. The van der Waals surface area contributed by atoms with Crippen molar-refractivity contribution in [1.29, 1.82) is 0 Å². The lowest BCUT2D eigenvalue weighted by Crippen LogP contribution is -2.01. The van der Waals surface area contributed by atoms with Gasteiger partial charge in [0.15, 0.2) is 0 Å². The molecule has 0 unspecified atom stereocenters. The largest absolute Gasteiger partial charge is 0.493 e. The van der Waals surface area contributed by atoms with E-state index < -0.39 is 0 Å². The lowest BCUT2D eigenvalue weighted by atomic mass is 10.1. The van der Waals surface area contributed by atoms with Crippen molar-refractivity contribution in [2.75, 3.05) is 6.61 Å². The molecule has 2 aromatic rings. The van der Waals surface area contributed by atoms with Crippen LogP contribution in [0.25, 0.3) is 0 Å². The fourth-order valence-corrected chi connectivity index (χ4v) is 3.65. The van der Waals surface area contributed by atoms with Gasteiger partial charge in [-0.2, -0.15) is 0 Å². The summed E-state index contributed by atoms with van der Waals surface area (Å²) in [7, 11) is 0. The number of benzene rings is 2. The molecule has 0 aromatic heterocycles. The van der Waals surface area contributed by atoms with E-state index in [1.54, 1.807) is 0 Å². The Morgan fingerprint density at radius 3 is 2.90 bits per heavy atom. The van der Waals surface area contributed by atoms with Crippen LogP contribution in [0.2, 0.25) is 5.02 Å². The Hall–Kier alpha value is -0.710. The molecule has 1 aliphatic rings. The van der Waals surface area contributed by atoms with E-state index in [4.69, 9.17) is 21.1 Å². The van der Waals surface area contributed by atoms with E-state index in [2.05, 4.69) is 31.9 Å². The summed E-state index contributed by atoms with van der Waals surface area (Å²) < 4.78 is 12.7. The van der Waals surface area contributed by atoms with Crippen molar-refractivity contribution in [2.24, 2.45) is 0 Å². The van der Waals surface area contributed by atoms with Gasteiger partial charge in [-0.1, -0.05) is 39.7 Å². The van der Waals surface area contributed by atoms with Gasteiger partial charge in [-0.05, 0) is 39.7 Å². The Kier molecular flexibility index (Phi) is 4.77. The lowest BCUT2D eigenvalue weighted by molar-refractivity contribution is 0.288. The Morgan fingerprint density at radius 1 is 1.24 bits per heavy atom. The molecule has 0 amide bonds. The molecule has 0 bridgehead atoms. The van der Waals surface area contributed by atoms with Crippen molar-refractivity contribution in [2.45, 2.75) is 18.4 Å². The van der Waals surface area contributed by atoms with Gasteiger partial charge in [0.25, 0.3) is 0 Å². The zero-order valence-corrected chi connectivity index (χ0v) is 15.1. The van der Waals surface area contributed by atoms with E-state index in [1.165, 1.54) is 0 Å². The highest BCUT2D eigenvalue weighted by Crippen LogP contribution is 2.35. The molecule has 0 fully saturated rings. The van der Waals surface area contributed by atoms with Gasteiger partial charge < -0.3 is 9.47 Å². The summed E-state index contributed by atoms with van der Waals surface area (Å²) in [6.45, 7) is 1.15. The van der Waals surface area contributed by atoms with Crippen molar-refractivity contribution < 1.29 is 9.47 Å². The SMILES string of the molecule is Clc1cc2c(c(COc3c(Br)cccc3CBr)c1)OCC2. The van der Waals surface area contributed by atoms with Crippen molar-refractivity contribution >= 4 is 43.5 Å². The Balaban J connectivity index is 1.86. The molecule has 0 aliphatic carbocycles. The van der Waals surface area contributed by atoms with Crippen LogP contribution in [0.3, 0.4) is 0 Å². The topological polar surface area (TPSA) is 18.5 Å². The molecular formula is C16H13Br2ClO2. The summed E-state index contributed by atoms with van der Waals surface area (Å²) in [6.07, 6.45) is 0.907. The van der Waals surface area contributed by atoms with Gasteiger partial charge in [0.2, 0.25) is 0 Å². The number of halogens is 3. The van der Waals surface area contributed by atoms with Crippen LogP contribution in [0.4, 0.5) is 0 Å². The van der Waals surface area contributed by atoms with Gasteiger partial charge in [0.05, 0.1) is 11.1 Å². The van der Waals surface area contributed by atoms with Gasteiger partial charge in [0.1, 0.15) is 18.1 Å². The minimum atomic E-state index is 0.436. The molecule has 0 spiro atoms. The fraction of sp³-hybridized carbons (Fsp3) is 0.250.